The molecule has 1 N–H and O–H groups in total. The second-order valence-corrected chi connectivity index (χ2v) is 4.35. The van der Waals surface area contributed by atoms with E-state index in [-0.39, 0.29) is 18.7 Å². The number of hydrogen-bond donors (Lipinski definition) is 1. The summed E-state index contributed by atoms with van der Waals surface area (Å²) >= 11 is 0. The molecule has 1 heterocycles. The Morgan fingerprint density at radius 1 is 1.41 bits per heavy atom. The van der Waals surface area contributed by atoms with Gasteiger partial charge in [0.2, 0.25) is 0 Å². The third-order valence-corrected chi connectivity index (χ3v) is 3.04. The molecule has 1 fully saturated rings. The number of hydrogen-bond acceptors (Lipinski definition) is 3. The lowest BCUT2D eigenvalue weighted by Gasteiger charge is -2.33. The van der Waals surface area contributed by atoms with Crippen LogP contribution in [0.4, 0.5) is 4.79 Å². The average molecular weight is 235 g/mol. The molecule has 1 aliphatic rings. The van der Waals surface area contributed by atoms with E-state index in [2.05, 4.69) is 0 Å². The van der Waals surface area contributed by atoms with E-state index < -0.39 is 0 Å². The Bertz CT molecular complexity index is 388. The van der Waals surface area contributed by atoms with Gasteiger partial charge in [0.05, 0.1) is 19.3 Å². The first-order chi connectivity index (χ1) is 8.20. The van der Waals surface area contributed by atoms with Crippen molar-refractivity contribution in [3.05, 3.63) is 35.4 Å². The number of aliphatic hydroxyl groups is 1. The summed E-state index contributed by atoms with van der Waals surface area (Å²) in [5, 5.41) is 9.25. The molecule has 1 atom stereocenters. The van der Waals surface area contributed by atoms with Crippen LogP contribution < -0.4 is 0 Å². The van der Waals surface area contributed by atoms with Crippen LogP contribution in [-0.2, 0) is 11.3 Å². The zero-order chi connectivity index (χ0) is 12.3. The summed E-state index contributed by atoms with van der Waals surface area (Å²) in [7, 11) is 0. The van der Waals surface area contributed by atoms with Crippen LogP contribution >= 0.6 is 0 Å². The Morgan fingerprint density at radius 2 is 2.12 bits per heavy atom. The van der Waals surface area contributed by atoms with Crippen LogP contribution in [0.2, 0.25) is 0 Å². The van der Waals surface area contributed by atoms with Gasteiger partial charge in [-0.15, -0.1) is 0 Å². The lowest BCUT2D eigenvalue weighted by Crippen LogP contribution is -2.46. The molecule has 0 saturated carbocycles. The number of carbonyl (C=O) groups excluding carboxylic acids is 1. The highest BCUT2D eigenvalue weighted by molar-refractivity contribution is 5.68. The van der Waals surface area contributed by atoms with Crippen molar-refractivity contribution in [2.75, 3.05) is 13.2 Å². The normalized spacial score (nSPS) is 20.2. The summed E-state index contributed by atoms with van der Waals surface area (Å²) in [6.45, 7) is 2.90. The zero-order valence-electron chi connectivity index (χ0n) is 9.93. The molecule has 0 bridgehead atoms. The number of carbonyl (C=O) groups is 1. The largest absolute Gasteiger partial charge is 0.449 e. The van der Waals surface area contributed by atoms with Crippen LogP contribution in [0, 0.1) is 6.92 Å². The SMILES string of the molecule is Cc1ccc(CN2C(=O)OCCC2CO)cc1. The van der Waals surface area contributed by atoms with Gasteiger partial charge in [0.25, 0.3) is 0 Å². The first-order valence-corrected chi connectivity index (χ1v) is 5.80. The first kappa shape index (κ1) is 11.9. The Kier molecular flexibility index (Phi) is 3.64. The van der Waals surface area contributed by atoms with E-state index in [9.17, 15) is 9.90 Å². The van der Waals surface area contributed by atoms with Crippen LogP contribution in [0.3, 0.4) is 0 Å². The molecule has 1 aliphatic heterocycles. The molecule has 1 amide bonds. The number of nitrogens with zero attached hydrogens (tertiary/aromatic N) is 1. The second kappa shape index (κ2) is 5.19. The monoisotopic (exact) mass is 235 g/mol. The lowest BCUT2D eigenvalue weighted by atomic mass is 10.1. The molecule has 1 aromatic carbocycles. The predicted molar refractivity (Wildman–Crippen MR) is 63.6 cm³/mol. The molecule has 0 aromatic heterocycles. The summed E-state index contributed by atoms with van der Waals surface area (Å²) in [6, 6.07) is 7.88. The molecule has 0 spiro atoms. The van der Waals surface area contributed by atoms with E-state index in [0.717, 1.165) is 5.56 Å². The van der Waals surface area contributed by atoms with Gasteiger partial charge in [-0.3, -0.25) is 4.90 Å². The highest BCUT2D eigenvalue weighted by Crippen LogP contribution is 2.17. The molecule has 4 nitrogen and oxygen atoms in total. The molecular weight excluding hydrogens is 218 g/mol. The topological polar surface area (TPSA) is 49.8 Å². The fourth-order valence-electron chi connectivity index (χ4n) is 1.94. The van der Waals surface area contributed by atoms with Gasteiger partial charge in [-0.05, 0) is 12.5 Å². The maximum atomic E-state index is 11.6. The smallest absolute Gasteiger partial charge is 0.410 e. The van der Waals surface area contributed by atoms with Crippen molar-refractivity contribution in [2.24, 2.45) is 0 Å². The van der Waals surface area contributed by atoms with E-state index in [4.69, 9.17) is 4.74 Å². The quantitative estimate of drug-likeness (QED) is 0.867. The Labute approximate surface area is 101 Å². The molecule has 0 radical (unpaired) electrons. The van der Waals surface area contributed by atoms with E-state index in [1.54, 1.807) is 4.90 Å². The highest BCUT2D eigenvalue weighted by Gasteiger charge is 2.28. The maximum Gasteiger partial charge on any atom is 0.410 e. The number of aliphatic hydroxyl groups excluding tert-OH is 1. The van der Waals surface area contributed by atoms with Crippen molar-refractivity contribution >= 4 is 6.09 Å². The van der Waals surface area contributed by atoms with Gasteiger partial charge in [0, 0.05) is 13.0 Å². The van der Waals surface area contributed by atoms with Gasteiger partial charge >= 0.3 is 6.09 Å². The fourth-order valence-corrected chi connectivity index (χ4v) is 1.94. The minimum atomic E-state index is -0.337. The van der Waals surface area contributed by atoms with Gasteiger partial charge in [-0.1, -0.05) is 29.8 Å². The predicted octanol–water partition coefficient (Wildman–Crippen LogP) is 1.70. The minimum Gasteiger partial charge on any atom is -0.449 e. The first-order valence-electron chi connectivity index (χ1n) is 5.80. The summed E-state index contributed by atoms with van der Waals surface area (Å²) in [6.07, 6.45) is 0.351. The molecule has 1 saturated heterocycles. The van der Waals surface area contributed by atoms with E-state index >= 15 is 0 Å². The highest BCUT2D eigenvalue weighted by atomic mass is 16.6. The molecule has 1 unspecified atom stereocenters. The van der Waals surface area contributed by atoms with Crippen LogP contribution in [-0.4, -0.2) is 35.4 Å². The summed E-state index contributed by atoms with van der Waals surface area (Å²) in [5.74, 6) is 0. The van der Waals surface area contributed by atoms with Gasteiger partial charge in [0.1, 0.15) is 0 Å². The molecule has 2 rings (SSSR count). The number of ether oxygens (including phenoxy) is 1. The van der Waals surface area contributed by atoms with Gasteiger partial charge < -0.3 is 9.84 Å². The Hall–Kier alpha value is -1.55. The lowest BCUT2D eigenvalue weighted by molar-refractivity contribution is 0.0216. The molecular formula is C13H17NO3. The molecule has 0 aliphatic carbocycles. The van der Waals surface area contributed by atoms with Crippen LogP contribution in [0.5, 0.6) is 0 Å². The zero-order valence-corrected chi connectivity index (χ0v) is 9.93. The van der Waals surface area contributed by atoms with E-state index in [1.807, 2.05) is 31.2 Å². The average Bonchev–Trinajstić information content (AvgIpc) is 2.34. The number of aryl methyl sites for hydroxylation is 1. The van der Waals surface area contributed by atoms with Crippen molar-refractivity contribution in [1.29, 1.82) is 0 Å². The minimum absolute atomic E-state index is 0.0129. The number of benzene rings is 1. The third-order valence-electron chi connectivity index (χ3n) is 3.04. The standard InChI is InChI=1S/C13H17NO3/c1-10-2-4-11(5-3-10)8-14-12(9-15)6-7-17-13(14)16/h2-5,12,15H,6-9H2,1H3. The molecule has 17 heavy (non-hydrogen) atoms. The van der Waals surface area contributed by atoms with Crippen LogP contribution in [0.25, 0.3) is 0 Å². The number of amides is 1. The second-order valence-electron chi connectivity index (χ2n) is 4.35. The van der Waals surface area contributed by atoms with Crippen molar-refractivity contribution in [2.45, 2.75) is 25.9 Å². The number of cyclic esters (lactones) is 1. The van der Waals surface area contributed by atoms with Crippen molar-refractivity contribution in [3.63, 3.8) is 0 Å². The van der Waals surface area contributed by atoms with E-state index in [0.29, 0.717) is 19.6 Å². The molecule has 1 aromatic rings. The summed E-state index contributed by atoms with van der Waals surface area (Å²) < 4.78 is 4.99. The summed E-state index contributed by atoms with van der Waals surface area (Å²) in [4.78, 5) is 13.2. The van der Waals surface area contributed by atoms with Crippen molar-refractivity contribution < 1.29 is 14.6 Å². The summed E-state index contributed by atoms with van der Waals surface area (Å²) in [5.41, 5.74) is 2.24. The van der Waals surface area contributed by atoms with Crippen LogP contribution in [0.1, 0.15) is 17.5 Å². The number of rotatable bonds is 3. The van der Waals surface area contributed by atoms with Gasteiger partial charge in [-0.2, -0.15) is 0 Å². The Balaban J connectivity index is 2.09. The van der Waals surface area contributed by atoms with Crippen molar-refractivity contribution in [3.8, 4) is 0 Å². The Morgan fingerprint density at radius 3 is 2.76 bits per heavy atom. The van der Waals surface area contributed by atoms with E-state index in [1.165, 1.54) is 5.56 Å². The molecule has 92 valence electrons. The third kappa shape index (κ3) is 2.77. The van der Waals surface area contributed by atoms with Gasteiger partial charge in [0.15, 0.2) is 0 Å². The van der Waals surface area contributed by atoms with Crippen LogP contribution in [0.15, 0.2) is 24.3 Å². The van der Waals surface area contributed by atoms with Gasteiger partial charge in [-0.25, -0.2) is 4.79 Å². The fraction of sp³-hybridized carbons (Fsp3) is 0.462. The maximum absolute atomic E-state index is 11.6. The molecule has 4 heteroatoms. The van der Waals surface area contributed by atoms with Crippen molar-refractivity contribution in [1.82, 2.24) is 4.90 Å².